The summed E-state index contributed by atoms with van der Waals surface area (Å²) >= 11 is 0. The van der Waals surface area contributed by atoms with Crippen molar-refractivity contribution in [2.45, 2.75) is 23.8 Å². The lowest BCUT2D eigenvalue weighted by Crippen LogP contribution is -2.41. The molecule has 8 heteroatoms. The first-order chi connectivity index (χ1) is 11.5. The van der Waals surface area contributed by atoms with Gasteiger partial charge in [-0.1, -0.05) is 0 Å². The summed E-state index contributed by atoms with van der Waals surface area (Å²) in [4.78, 5) is 14.2. The Labute approximate surface area is 142 Å². The molecule has 1 saturated heterocycles. The van der Waals surface area contributed by atoms with Crippen LogP contribution in [0.25, 0.3) is 0 Å². The zero-order chi connectivity index (χ0) is 17.0. The van der Waals surface area contributed by atoms with E-state index in [1.54, 1.807) is 12.1 Å². The largest absolute Gasteiger partial charge is 0.379 e. The summed E-state index contributed by atoms with van der Waals surface area (Å²) in [6.07, 6.45) is 2.04. The fourth-order valence-corrected chi connectivity index (χ4v) is 3.55. The number of amides is 1. The second kappa shape index (κ2) is 7.60. The van der Waals surface area contributed by atoms with Crippen LogP contribution in [-0.2, 0) is 14.8 Å². The van der Waals surface area contributed by atoms with Gasteiger partial charge in [0.2, 0.25) is 10.0 Å². The maximum atomic E-state index is 12.3. The van der Waals surface area contributed by atoms with Gasteiger partial charge in [-0.05, 0) is 37.1 Å². The van der Waals surface area contributed by atoms with E-state index < -0.39 is 10.0 Å². The summed E-state index contributed by atoms with van der Waals surface area (Å²) in [5.74, 6) is -0.151. The van der Waals surface area contributed by atoms with E-state index in [0.29, 0.717) is 31.9 Å². The molecule has 132 valence electrons. The summed E-state index contributed by atoms with van der Waals surface area (Å²) in [6, 6.07) is 6.32. The van der Waals surface area contributed by atoms with E-state index in [1.807, 2.05) is 0 Å². The molecule has 0 radical (unpaired) electrons. The van der Waals surface area contributed by atoms with Gasteiger partial charge in [0.05, 0.1) is 18.1 Å². The highest BCUT2D eigenvalue weighted by atomic mass is 32.2. The van der Waals surface area contributed by atoms with Crippen molar-refractivity contribution in [1.29, 1.82) is 0 Å². The molecule has 2 aliphatic rings. The molecule has 0 bridgehead atoms. The maximum Gasteiger partial charge on any atom is 0.251 e. The summed E-state index contributed by atoms with van der Waals surface area (Å²) in [6.45, 7) is 4.05. The zero-order valence-corrected chi connectivity index (χ0v) is 14.3. The highest BCUT2D eigenvalue weighted by Gasteiger charge is 2.24. The minimum absolute atomic E-state index is 0.151. The second-order valence-electron chi connectivity index (χ2n) is 6.12. The molecular formula is C16H23N3O4S. The first kappa shape index (κ1) is 17.3. The Morgan fingerprint density at radius 1 is 1.17 bits per heavy atom. The third-order valence-electron chi connectivity index (χ3n) is 4.16. The monoisotopic (exact) mass is 353 g/mol. The molecule has 1 aromatic carbocycles. The fraction of sp³-hybridized carbons (Fsp3) is 0.562. The molecular weight excluding hydrogens is 330 g/mol. The number of hydrogen-bond acceptors (Lipinski definition) is 5. The van der Waals surface area contributed by atoms with E-state index in [9.17, 15) is 13.2 Å². The maximum absolute atomic E-state index is 12.3. The number of benzene rings is 1. The van der Waals surface area contributed by atoms with Crippen LogP contribution in [0.4, 0.5) is 0 Å². The van der Waals surface area contributed by atoms with Crippen molar-refractivity contribution in [2.75, 3.05) is 39.4 Å². The molecule has 1 aromatic rings. The van der Waals surface area contributed by atoms with Gasteiger partial charge in [-0.3, -0.25) is 9.69 Å². The lowest BCUT2D eigenvalue weighted by atomic mass is 10.2. The van der Waals surface area contributed by atoms with Gasteiger partial charge in [-0.25, -0.2) is 13.1 Å². The molecule has 2 N–H and O–H groups in total. The van der Waals surface area contributed by atoms with Crippen molar-refractivity contribution in [2.24, 2.45) is 0 Å². The van der Waals surface area contributed by atoms with Gasteiger partial charge in [-0.15, -0.1) is 0 Å². The molecule has 2 fully saturated rings. The number of ether oxygens (including phenoxy) is 1. The Morgan fingerprint density at radius 3 is 2.46 bits per heavy atom. The van der Waals surface area contributed by atoms with Gasteiger partial charge in [0, 0.05) is 37.8 Å². The average molecular weight is 353 g/mol. The Hall–Kier alpha value is -1.48. The minimum Gasteiger partial charge on any atom is -0.379 e. The van der Waals surface area contributed by atoms with E-state index in [0.717, 1.165) is 25.9 Å². The molecule has 0 unspecified atom stereocenters. The number of nitrogens with zero attached hydrogens (tertiary/aromatic N) is 1. The van der Waals surface area contributed by atoms with Crippen LogP contribution in [-0.4, -0.2) is 64.7 Å². The number of carbonyl (C=O) groups is 1. The molecule has 1 saturated carbocycles. The Balaban J connectivity index is 1.52. The van der Waals surface area contributed by atoms with Gasteiger partial charge in [0.25, 0.3) is 5.91 Å². The van der Waals surface area contributed by atoms with E-state index in [4.69, 9.17) is 4.74 Å². The molecule has 3 rings (SSSR count). The lowest BCUT2D eigenvalue weighted by molar-refractivity contribution is 0.0390. The van der Waals surface area contributed by atoms with Crippen molar-refractivity contribution in [3.05, 3.63) is 29.8 Å². The summed E-state index contributed by atoms with van der Waals surface area (Å²) < 4.78 is 32.4. The number of sulfonamides is 1. The van der Waals surface area contributed by atoms with E-state index in [-0.39, 0.29) is 16.8 Å². The Bertz CT molecular complexity index is 665. The highest BCUT2D eigenvalue weighted by molar-refractivity contribution is 7.89. The van der Waals surface area contributed by atoms with Crippen LogP contribution in [0.3, 0.4) is 0 Å². The van der Waals surface area contributed by atoms with Crippen LogP contribution >= 0.6 is 0 Å². The summed E-state index contributed by atoms with van der Waals surface area (Å²) in [7, 11) is -3.55. The molecule has 0 spiro atoms. The van der Waals surface area contributed by atoms with Gasteiger partial charge in [-0.2, -0.15) is 0 Å². The van der Waals surface area contributed by atoms with Crippen LogP contribution in [0.5, 0.6) is 0 Å². The van der Waals surface area contributed by atoms with E-state index >= 15 is 0 Å². The van der Waals surface area contributed by atoms with Crippen LogP contribution < -0.4 is 10.0 Å². The standard InChI is InChI=1S/C16H23N3O4S/c20-16(18-14-3-4-14)13-1-5-15(6-2-13)24(21,22)17-7-8-19-9-11-23-12-10-19/h1-2,5-6,14,17H,3-4,7-12H2,(H,18,20). The van der Waals surface area contributed by atoms with Crippen molar-refractivity contribution < 1.29 is 17.9 Å². The fourth-order valence-electron chi connectivity index (χ4n) is 2.53. The van der Waals surface area contributed by atoms with Crippen molar-refractivity contribution >= 4 is 15.9 Å². The van der Waals surface area contributed by atoms with E-state index in [2.05, 4.69) is 14.9 Å². The molecule has 1 aliphatic carbocycles. The van der Waals surface area contributed by atoms with Gasteiger partial charge >= 0.3 is 0 Å². The number of carbonyl (C=O) groups excluding carboxylic acids is 1. The van der Waals surface area contributed by atoms with E-state index in [1.165, 1.54) is 12.1 Å². The van der Waals surface area contributed by atoms with Gasteiger partial charge in [0.1, 0.15) is 0 Å². The molecule has 1 heterocycles. The predicted octanol–water partition coefficient (Wildman–Crippen LogP) is 0.189. The first-order valence-corrected chi connectivity index (χ1v) is 9.73. The third kappa shape index (κ3) is 4.76. The zero-order valence-electron chi connectivity index (χ0n) is 13.5. The minimum atomic E-state index is -3.55. The molecule has 1 amide bonds. The predicted molar refractivity (Wildman–Crippen MR) is 89.4 cm³/mol. The van der Waals surface area contributed by atoms with Crippen molar-refractivity contribution in [1.82, 2.24) is 14.9 Å². The summed E-state index contributed by atoms with van der Waals surface area (Å²) in [5.41, 5.74) is 0.481. The quantitative estimate of drug-likeness (QED) is 0.731. The number of nitrogens with one attached hydrogen (secondary N) is 2. The number of hydrogen-bond donors (Lipinski definition) is 2. The van der Waals surface area contributed by atoms with Crippen molar-refractivity contribution in [3.63, 3.8) is 0 Å². The smallest absolute Gasteiger partial charge is 0.251 e. The molecule has 1 aliphatic heterocycles. The Kier molecular flexibility index (Phi) is 5.50. The van der Waals surface area contributed by atoms with Gasteiger partial charge < -0.3 is 10.1 Å². The van der Waals surface area contributed by atoms with Crippen molar-refractivity contribution in [3.8, 4) is 0 Å². The number of rotatable bonds is 7. The lowest BCUT2D eigenvalue weighted by Gasteiger charge is -2.26. The topological polar surface area (TPSA) is 87.7 Å². The molecule has 0 aromatic heterocycles. The highest BCUT2D eigenvalue weighted by Crippen LogP contribution is 2.19. The van der Waals surface area contributed by atoms with Crippen LogP contribution in [0.2, 0.25) is 0 Å². The summed E-state index contributed by atoms with van der Waals surface area (Å²) in [5, 5.41) is 2.88. The van der Waals surface area contributed by atoms with Crippen LogP contribution in [0, 0.1) is 0 Å². The second-order valence-corrected chi connectivity index (χ2v) is 7.89. The normalized spacial score (nSPS) is 19.2. The molecule has 24 heavy (non-hydrogen) atoms. The van der Waals surface area contributed by atoms with Gasteiger partial charge in [0.15, 0.2) is 0 Å². The first-order valence-electron chi connectivity index (χ1n) is 8.25. The van der Waals surface area contributed by atoms with Crippen LogP contribution in [0.15, 0.2) is 29.2 Å². The SMILES string of the molecule is O=C(NC1CC1)c1ccc(S(=O)(=O)NCCN2CCOCC2)cc1. The third-order valence-corrected chi connectivity index (χ3v) is 5.64. The average Bonchev–Trinajstić information content (AvgIpc) is 3.40. The number of morpholine rings is 1. The molecule has 0 atom stereocenters. The Morgan fingerprint density at radius 2 is 1.83 bits per heavy atom. The molecule has 7 nitrogen and oxygen atoms in total. The van der Waals surface area contributed by atoms with Crippen LogP contribution in [0.1, 0.15) is 23.2 Å².